The Balaban J connectivity index is 1.66. The summed E-state index contributed by atoms with van der Waals surface area (Å²) in [7, 11) is -3.80. The number of nitrogens with zero attached hydrogens (tertiary/aromatic N) is 2. The molecule has 1 saturated carbocycles. The molecule has 0 radical (unpaired) electrons. The van der Waals surface area contributed by atoms with Crippen molar-refractivity contribution in [1.29, 1.82) is 5.26 Å². The smallest absolute Gasteiger partial charge is 0.244 e. The van der Waals surface area contributed by atoms with Crippen LogP contribution in [0.5, 0.6) is 17.2 Å². The standard InChI is InChI=1S/C25H29N3O6S/c1-2-33-19-5-7-20(8-6-19)34-23-10-9-21(35(30,31)28-13-15-32-16-14-28)17-22(23)27-24(29)25(18-26)11-3-4-12-25/h5-10,17H,2-4,11-16H2,1H3,(H,27,29). The number of rotatable bonds is 8. The molecule has 1 aliphatic carbocycles. The third-order valence-corrected chi connectivity index (χ3v) is 8.17. The highest BCUT2D eigenvalue weighted by Gasteiger charge is 2.42. The summed E-state index contributed by atoms with van der Waals surface area (Å²) in [6, 6.07) is 13.5. The Morgan fingerprint density at radius 3 is 2.40 bits per heavy atom. The van der Waals surface area contributed by atoms with Crippen LogP contribution in [-0.2, 0) is 19.6 Å². The Hall–Kier alpha value is -3.13. The van der Waals surface area contributed by atoms with Gasteiger partial charge in [-0.05, 0) is 62.2 Å². The molecule has 0 atom stereocenters. The van der Waals surface area contributed by atoms with E-state index in [2.05, 4.69) is 11.4 Å². The first-order valence-electron chi connectivity index (χ1n) is 11.7. The number of nitriles is 1. The molecule has 35 heavy (non-hydrogen) atoms. The fourth-order valence-electron chi connectivity index (χ4n) is 4.30. The van der Waals surface area contributed by atoms with E-state index in [1.54, 1.807) is 24.3 Å². The molecule has 1 saturated heterocycles. The van der Waals surface area contributed by atoms with Gasteiger partial charge in [0.25, 0.3) is 0 Å². The van der Waals surface area contributed by atoms with Crippen LogP contribution in [0.1, 0.15) is 32.6 Å². The molecule has 1 aliphatic heterocycles. The predicted octanol–water partition coefficient (Wildman–Crippen LogP) is 3.92. The maximum Gasteiger partial charge on any atom is 0.244 e. The van der Waals surface area contributed by atoms with Crippen molar-refractivity contribution in [3.8, 4) is 23.3 Å². The molecule has 9 nitrogen and oxygen atoms in total. The van der Waals surface area contributed by atoms with Crippen molar-refractivity contribution < 1.29 is 27.4 Å². The van der Waals surface area contributed by atoms with Crippen LogP contribution in [-0.4, -0.2) is 51.5 Å². The Bertz CT molecular complexity index is 1190. The molecule has 2 aromatic rings. The van der Waals surface area contributed by atoms with Gasteiger partial charge < -0.3 is 19.5 Å². The molecule has 4 rings (SSSR count). The molecule has 0 spiro atoms. The van der Waals surface area contributed by atoms with E-state index in [4.69, 9.17) is 14.2 Å². The van der Waals surface area contributed by atoms with Crippen LogP contribution in [0.3, 0.4) is 0 Å². The SMILES string of the molecule is CCOc1ccc(Oc2ccc(S(=O)(=O)N3CCOCC3)cc2NC(=O)C2(C#N)CCCC2)cc1. The van der Waals surface area contributed by atoms with Crippen LogP contribution in [0.25, 0.3) is 0 Å². The van der Waals surface area contributed by atoms with E-state index in [1.165, 1.54) is 22.5 Å². The van der Waals surface area contributed by atoms with E-state index in [-0.39, 0.29) is 29.4 Å². The summed E-state index contributed by atoms with van der Waals surface area (Å²) in [6.07, 6.45) is 2.52. The third kappa shape index (κ3) is 5.42. The van der Waals surface area contributed by atoms with Crippen molar-refractivity contribution in [2.45, 2.75) is 37.5 Å². The van der Waals surface area contributed by atoms with E-state index in [1.807, 2.05) is 6.92 Å². The number of benzene rings is 2. The molecule has 0 aromatic heterocycles. The highest BCUT2D eigenvalue weighted by atomic mass is 32.2. The molecule has 2 aliphatic rings. The number of ether oxygens (including phenoxy) is 3. The summed E-state index contributed by atoms with van der Waals surface area (Å²) in [5.41, 5.74) is -0.935. The van der Waals surface area contributed by atoms with Crippen LogP contribution < -0.4 is 14.8 Å². The van der Waals surface area contributed by atoms with Gasteiger partial charge in [-0.25, -0.2) is 8.42 Å². The second-order valence-corrected chi connectivity index (χ2v) is 10.5. The summed E-state index contributed by atoms with van der Waals surface area (Å²) >= 11 is 0. The number of sulfonamides is 1. The van der Waals surface area contributed by atoms with Gasteiger partial charge in [-0.1, -0.05) is 12.8 Å². The summed E-state index contributed by atoms with van der Waals surface area (Å²) < 4.78 is 44.5. The number of hydrogen-bond donors (Lipinski definition) is 1. The van der Waals surface area contributed by atoms with E-state index in [0.29, 0.717) is 44.2 Å². The number of carbonyl (C=O) groups is 1. The minimum atomic E-state index is -3.80. The lowest BCUT2D eigenvalue weighted by molar-refractivity contribution is -0.122. The molecule has 186 valence electrons. The van der Waals surface area contributed by atoms with Crippen molar-refractivity contribution in [2.24, 2.45) is 5.41 Å². The van der Waals surface area contributed by atoms with E-state index >= 15 is 0 Å². The lowest BCUT2D eigenvalue weighted by Crippen LogP contribution is -2.40. The zero-order chi connectivity index (χ0) is 24.9. The lowest BCUT2D eigenvalue weighted by atomic mass is 9.87. The molecule has 1 N–H and O–H groups in total. The number of morpholine rings is 1. The number of amides is 1. The molecular formula is C25H29N3O6S. The second kappa shape index (κ2) is 10.6. The fourth-order valence-corrected chi connectivity index (χ4v) is 5.73. The minimum Gasteiger partial charge on any atom is -0.494 e. The first-order chi connectivity index (χ1) is 16.9. The number of hydrogen-bond acceptors (Lipinski definition) is 7. The largest absolute Gasteiger partial charge is 0.494 e. The van der Waals surface area contributed by atoms with Gasteiger partial charge in [-0.2, -0.15) is 9.57 Å². The third-order valence-electron chi connectivity index (χ3n) is 6.28. The molecular weight excluding hydrogens is 470 g/mol. The van der Waals surface area contributed by atoms with Crippen molar-refractivity contribution in [2.75, 3.05) is 38.2 Å². The van der Waals surface area contributed by atoms with Crippen molar-refractivity contribution in [3.05, 3.63) is 42.5 Å². The first-order valence-corrected chi connectivity index (χ1v) is 13.2. The molecule has 10 heteroatoms. The number of anilines is 1. The average molecular weight is 500 g/mol. The van der Waals surface area contributed by atoms with Crippen LogP contribution in [0.15, 0.2) is 47.4 Å². The van der Waals surface area contributed by atoms with Gasteiger partial charge in [0.05, 0.1) is 36.5 Å². The summed E-state index contributed by atoms with van der Waals surface area (Å²) in [5, 5.41) is 12.5. The average Bonchev–Trinajstić information content (AvgIpc) is 3.37. The van der Waals surface area contributed by atoms with E-state index in [9.17, 15) is 18.5 Å². The predicted molar refractivity (Wildman–Crippen MR) is 129 cm³/mol. The normalized spacial score (nSPS) is 17.9. The number of nitrogens with one attached hydrogen (secondary N) is 1. The number of carbonyl (C=O) groups excluding carboxylic acids is 1. The Labute approximate surface area is 205 Å². The maximum absolute atomic E-state index is 13.2. The second-order valence-electron chi connectivity index (χ2n) is 8.54. The summed E-state index contributed by atoms with van der Waals surface area (Å²) in [6.45, 7) is 3.59. The summed E-state index contributed by atoms with van der Waals surface area (Å²) in [4.78, 5) is 13.2. The van der Waals surface area contributed by atoms with Crippen LogP contribution in [0.2, 0.25) is 0 Å². The lowest BCUT2D eigenvalue weighted by Gasteiger charge is -2.26. The Morgan fingerprint density at radius 1 is 1.11 bits per heavy atom. The van der Waals surface area contributed by atoms with Gasteiger partial charge in [0.2, 0.25) is 15.9 Å². The Morgan fingerprint density at radius 2 is 1.77 bits per heavy atom. The minimum absolute atomic E-state index is 0.0335. The topological polar surface area (TPSA) is 118 Å². The molecule has 1 amide bonds. The van der Waals surface area contributed by atoms with Crippen molar-refractivity contribution in [1.82, 2.24) is 4.31 Å². The first kappa shape index (κ1) is 25.0. The van der Waals surface area contributed by atoms with Crippen molar-refractivity contribution >= 4 is 21.6 Å². The highest BCUT2D eigenvalue weighted by molar-refractivity contribution is 7.89. The van der Waals surface area contributed by atoms with Gasteiger partial charge in [0.15, 0.2) is 5.75 Å². The Kier molecular flexibility index (Phi) is 7.60. The molecule has 1 heterocycles. The van der Waals surface area contributed by atoms with Gasteiger partial charge >= 0.3 is 0 Å². The monoisotopic (exact) mass is 499 g/mol. The van der Waals surface area contributed by atoms with Crippen LogP contribution in [0.4, 0.5) is 5.69 Å². The van der Waals surface area contributed by atoms with Gasteiger partial charge in [0.1, 0.15) is 16.9 Å². The van der Waals surface area contributed by atoms with E-state index < -0.39 is 21.3 Å². The maximum atomic E-state index is 13.2. The summed E-state index contributed by atoms with van der Waals surface area (Å²) in [5.74, 6) is 1.01. The molecule has 0 unspecified atom stereocenters. The zero-order valence-electron chi connectivity index (χ0n) is 19.7. The quantitative estimate of drug-likeness (QED) is 0.585. The van der Waals surface area contributed by atoms with E-state index in [0.717, 1.165) is 12.8 Å². The molecule has 2 fully saturated rings. The van der Waals surface area contributed by atoms with Crippen LogP contribution in [0, 0.1) is 16.7 Å². The van der Waals surface area contributed by atoms with Gasteiger partial charge in [-0.15, -0.1) is 0 Å². The molecule has 2 aromatic carbocycles. The zero-order valence-corrected chi connectivity index (χ0v) is 20.5. The molecule has 0 bridgehead atoms. The van der Waals surface area contributed by atoms with Crippen LogP contribution >= 0.6 is 0 Å². The van der Waals surface area contributed by atoms with Crippen molar-refractivity contribution in [3.63, 3.8) is 0 Å². The fraction of sp³-hybridized carbons (Fsp3) is 0.440. The van der Waals surface area contributed by atoms with Gasteiger partial charge in [-0.3, -0.25) is 4.79 Å². The van der Waals surface area contributed by atoms with Gasteiger partial charge in [0, 0.05) is 13.1 Å². The highest BCUT2D eigenvalue weighted by Crippen LogP contribution is 2.40.